The summed E-state index contributed by atoms with van der Waals surface area (Å²) in [5, 5.41) is 0. The van der Waals surface area contributed by atoms with E-state index in [2.05, 4.69) is 66.6 Å². The number of rotatable bonds is 2. The number of nitrogens with zero attached hydrogens (tertiary/aromatic N) is 1. The first-order chi connectivity index (χ1) is 7.19. The molecule has 0 aliphatic carbocycles. The van der Waals surface area contributed by atoms with Gasteiger partial charge in [-0.2, -0.15) is 0 Å². The molecule has 0 aliphatic rings. The molecule has 16 heavy (non-hydrogen) atoms. The van der Waals surface area contributed by atoms with E-state index in [1.165, 1.54) is 27.8 Å². The molecule has 0 atom stereocenters. The summed E-state index contributed by atoms with van der Waals surface area (Å²) in [6.07, 6.45) is 0. The van der Waals surface area contributed by atoms with Crippen molar-refractivity contribution in [3.63, 3.8) is 0 Å². The van der Waals surface area contributed by atoms with Crippen LogP contribution in [0.4, 0.5) is 0 Å². The molecular weight excluding hydrogens is 194 g/mol. The number of hydrogen-bond donors (Lipinski definition) is 0. The Hall–Kier alpha value is -0.820. The summed E-state index contributed by atoms with van der Waals surface area (Å²) in [5.74, 6) is 0. The molecule has 90 valence electrons. The predicted octanol–water partition coefficient (Wildman–Crippen LogP) is 3.72. The highest BCUT2D eigenvalue weighted by Crippen LogP contribution is 2.32. The first-order valence-electron chi connectivity index (χ1n) is 5.95. The summed E-state index contributed by atoms with van der Waals surface area (Å²) < 4.78 is 0. The van der Waals surface area contributed by atoms with Crippen LogP contribution in [0.3, 0.4) is 0 Å². The normalized spacial score (nSPS) is 12.3. The Morgan fingerprint density at radius 1 is 0.875 bits per heavy atom. The van der Waals surface area contributed by atoms with E-state index >= 15 is 0 Å². The summed E-state index contributed by atoms with van der Waals surface area (Å²) in [5.41, 5.74) is 7.22. The van der Waals surface area contributed by atoms with Gasteiger partial charge >= 0.3 is 0 Å². The fourth-order valence-corrected chi connectivity index (χ4v) is 2.09. The van der Waals surface area contributed by atoms with Gasteiger partial charge in [-0.15, -0.1) is 0 Å². The molecule has 0 heterocycles. The van der Waals surface area contributed by atoms with Gasteiger partial charge in [-0.05, 0) is 83.5 Å². The van der Waals surface area contributed by atoms with Crippen LogP contribution in [-0.4, -0.2) is 19.0 Å². The van der Waals surface area contributed by atoms with Crippen molar-refractivity contribution in [2.75, 3.05) is 14.1 Å². The summed E-state index contributed by atoms with van der Waals surface area (Å²) in [7, 11) is 4.29. The van der Waals surface area contributed by atoms with Gasteiger partial charge in [-0.1, -0.05) is 6.07 Å². The van der Waals surface area contributed by atoms with Gasteiger partial charge in [-0.25, -0.2) is 0 Å². The van der Waals surface area contributed by atoms with Crippen molar-refractivity contribution in [3.05, 3.63) is 33.9 Å². The van der Waals surface area contributed by atoms with Crippen LogP contribution in [0, 0.1) is 27.7 Å². The lowest BCUT2D eigenvalue weighted by Crippen LogP contribution is -2.36. The first kappa shape index (κ1) is 13.2. The number of hydrogen-bond acceptors (Lipinski definition) is 1. The third-order valence-electron chi connectivity index (χ3n) is 4.26. The highest BCUT2D eigenvalue weighted by molar-refractivity contribution is 5.46. The van der Waals surface area contributed by atoms with Crippen molar-refractivity contribution in [2.45, 2.75) is 47.1 Å². The molecule has 0 unspecified atom stereocenters. The maximum absolute atomic E-state index is 2.34. The lowest BCUT2D eigenvalue weighted by Gasteiger charge is -2.35. The molecule has 0 aromatic heterocycles. The van der Waals surface area contributed by atoms with E-state index in [-0.39, 0.29) is 5.54 Å². The van der Waals surface area contributed by atoms with E-state index in [0.717, 1.165) is 0 Å². The molecule has 1 nitrogen and oxygen atoms in total. The van der Waals surface area contributed by atoms with Crippen LogP contribution < -0.4 is 0 Å². The molecule has 1 heteroatoms. The van der Waals surface area contributed by atoms with Crippen LogP contribution in [0.2, 0.25) is 0 Å². The Bertz CT molecular complexity index is 400. The molecule has 1 aromatic rings. The standard InChI is InChI=1S/C15H25N/c1-10-9-14(15(5,6)16(7)8)13(4)12(3)11(10)2/h9H,1-8H3. The van der Waals surface area contributed by atoms with Gasteiger partial charge in [0.05, 0.1) is 0 Å². The largest absolute Gasteiger partial charge is 0.300 e. The van der Waals surface area contributed by atoms with Gasteiger partial charge in [0.2, 0.25) is 0 Å². The van der Waals surface area contributed by atoms with Crippen molar-refractivity contribution < 1.29 is 0 Å². The Morgan fingerprint density at radius 2 is 1.38 bits per heavy atom. The highest BCUT2D eigenvalue weighted by Gasteiger charge is 2.26. The van der Waals surface area contributed by atoms with E-state index in [0.29, 0.717) is 0 Å². The van der Waals surface area contributed by atoms with Gasteiger partial charge in [0.25, 0.3) is 0 Å². The zero-order chi connectivity index (χ0) is 12.7. The molecule has 0 saturated heterocycles. The van der Waals surface area contributed by atoms with Crippen LogP contribution in [-0.2, 0) is 5.54 Å². The predicted molar refractivity (Wildman–Crippen MR) is 72.1 cm³/mol. The van der Waals surface area contributed by atoms with Crippen molar-refractivity contribution in [1.29, 1.82) is 0 Å². The van der Waals surface area contributed by atoms with Gasteiger partial charge in [0, 0.05) is 5.54 Å². The van der Waals surface area contributed by atoms with E-state index in [1.54, 1.807) is 0 Å². The monoisotopic (exact) mass is 219 g/mol. The molecule has 0 spiro atoms. The summed E-state index contributed by atoms with van der Waals surface area (Å²) in [6, 6.07) is 2.34. The van der Waals surface area contributed by atoms with Gasteiger partial charge < -0.3 is 4.90 Å². The van der Waals surface area contributed by atoms with Gasteiger partial charge in [-0.3, -0.25) is 0 Å². The second kappa shape index (κ2) is 4.21. The fraction of sp³-hybridized carbons (Fsp3) is 0.600. The van der Waals surface area contributed by atoms with E-state index in [4.69, 9.17) is 0 Å². The minimum absolute atomic E-state index is 0.0906. The van der Waals surface area contributed by atoms with Crippen LogP contribution in [0.25, 0.3) is 0 Å². The van der Waals surface area contributed by atoms with Crippen LogP contribution in [0.15, 0.2) is 6.07 Å². The van der Waals surface area contributed by atoms with Crippen molar-refractivity contribution in [1.82, 2.24) is 4.90 Å². The molecule has 0 bridgehead atoms. The molecule has 0 N–H and O–H groups in total. The first-order valence-corrected chi connectivity index (χ1v) is 5.95. The molecule has 0 saturated carbocycles. The second-order valence-electron chi connectivity index (χ2n) is 5.57. The molecule has 0 amide bonds. The molecular formula is C15H25N. The average Bonchev–Trinajstić information content (AvgIpc) is 2.19. The Kier molecular flexibility index (Phi) is 3.49. The zero-order valence-corrected chi connectivity index (χ0v) is 12.0. The smallest absolute Gasteiger partial charge is 0.0401 e. The maximum atomic E-state index is 2.34. The summed E-state index contributed by atoms with van der Waals surface area (Å²) in [6.45, 7) is 13.4. The van der Waals surface area contributed by atoms with Gasteiger partial charge in [0.1, 0.15) is 0 Å². The Labute approximate surface area is 100 Å². The molecule has 1 rings (SSSR count). The van der Waals surface area contributed by atoms with Crippen molar-refractivity contribution in [2.24, 2.45) is 0 Å². The van der Waals surface area contributed by atoms with Crippen LogP contribution in [0.5, 0.6) is 0 Å². The van der Waals surface area contributed by atoms with Crippen molar-refractivity contribution >= 4 is 0 Å². The average molecular weight is 219 g/mol. The van der Waals surface area contributed by atoms with E-state index in [1.807, 2.05) is 0 Å². The zero-order valence-electron chi connectivity index (χ0n) is 12.0. The van der Waals surface area contributed by atoms with E-state index < -0.39 is 0 Å². The topological polar surface area (TPSA) is 3.24 Å². The van der Waals surface area contributed by atoms with E-state index in [9.17, 15) is 0 Å². The molecule has 0 radical (unpaired) electrons. The summed E-state index contributed by atoms with van der Waals surface area (Å²) in [4.78, 5) is 2.28. The minimum atomic E-state index is 0.0906. The van der Waals surface area contributed by atoms with Crippen LogP contribution >= 0.6 is 0 Å². The maximum Gasteiger partial charge on any atom is 0.0401 e. The SMILES string of the molecule is Cc1cc(C(C)(C)N(C)C)c(C)c(C)c1C. The highest BCUT2D eigenvalue weighted by atomic mass is 15.1. The third-order valence-corrected chi connectivity index (χ3v) is 4.26. The molecule has 1 aromatic carbocycles. The lowest BCUT2D eigenvalue weighted by atomic mass is 9.84. The quantitative estimate of drug-likeness (QED) is 0.733. The Balaban J connectivity index is 3.47. The third kappa shape index (κ3) is 2.01. The molecule has 0 aliphatic heterocycles. The van der Waals surface area contributed by atoms with Crippen LogP contribution in [0.1, 0.15) is 41.7 Å². The number of benzene rings is 1. The second-order valence-corrected chi connectivity index (χ2v) is 5.57. The Morgan fingerprint density at radius 3 is 1.81 bits per heavy atom. The minimum Gasteiger partial charge on any atom is -0.300 e. The lowest BCUT2D eigenvalue weighted by molar-refractivity contribution is 0.196. The van der Waals surface area contributed by atoms with Crippen molar-refractivity contribution in [3.8, 4) is 0 Å². The number of aryl methyl sites for hydroxylation is 1. The molecule has 0 fully saturated rings. The van der Waals surface area contributed by atoms with Gasteiger partial charge in [0.15, 0.2) is 0 Å². The fourth-order valence-electron chi connectivity index (χ4n) is 2.09. The summed E-state index contributed by atoms with van der Waals surface area (Å²) >= 11 is 0.